The van der Waals surface area contributed by atoms with Crippen LogP contribution in [0.1, 0.15) is 0 Å². The highest BCUT2D eigenvalue weighted by Gasteiger charge is 2.28. The first-order valence-electron chi connectivity index (χ1n) is 6.33. The van der Waals surface area contributed by atoms with Crippen LogP contribution in [-0.2, 0) is 4.79 Å². The molecule has 0 spiro atoms. The van der Waals surface area contributed by atoms with Crippen LogP contribution in [0.3, 0.4) is 0 Å². The Kier molecular flexibility index (Phi) is 4.18. The van der Waals surface area contributed by atoms with Crippen molar-refractivity contribution in [2.24, 2.45) is 11.5 Å². The van der Waals surface area contributed by atoms with Gasteiger partial charge >= 0.3 is 0 Å². The van der Waals surface area contributed by atoms with E-state index in [4.69, 9.17) is 16.2 Å². The van der Waals surface area contributed by atoms with Gasteiger partial charge in [0.05, 0.1) is 6.54 Å². The van der Waals surface area contributed by atoms with Crippen molar-refractivity contribution >= 4 is 5.91 Å². The van der Waals surface area contributed by atoms with Gasteiger partial charge in [0.1, 0.15) is 5.75 Å². The molecule has 0 atom stereocenters. The normalized spacial score (nSPS) is 16.6. The van der Waals surface area contributed by atoms with E-state index in [2.05, 4.69) is 0 Å². The maximum absolute atomic E-state index is 11.5. The summed E-state index contributed by atoms with van der Waals surface area (Å²) in [6.07, 6.45) is 2.97. The average Bonchev–Trinajstić information content (AvgIpc) is 2.73. The third-order valence-corrected chi connectivity index (χ3v) is 2.98. The first kappa shape index (κ1) is 14.5. The van der Waals surface area contributed by atoms with Gasteiger partial charge in [0.15, 0.2) is 11.6 Å². The minimum absolute atomic E-state index is 0.155. The van der Waals surface area contributed by atoms with Gasteiger partial charge in [-0.1, -0.05) is 18.2 Å². The van der Waals surface area contributed by atoms with Crippen LogP contribution in [0.15, 0.2) is 65.4 Å². The maximum atomic E-state index is 11.5. The zero-order valence-electron chi connectivity index (χ0n) is 11.6. The van der Waals surface area contributed by atoms with Crippen molar-refractivity contribution in [3.8, 4) is 5.75 Å². The molecule has 1 heterocycles. The predicted molar refractivity (Wildman–Crippen MR) is 78.9 cm³/mol. The van der Waals surface area contributed by atoms with Crippen molar-refractivity contribution in [1.82, 2.24) is 4.90 Å². The largest absolute Gasteiger partial charge is 0.503 e. The van der Waals surface area contributed by atoms with E-state index in [9.17, 15) is 9.90 Å². The first-order valence-corrected chi connectivity index (χ1v) is 6.33. The van der Waals surface area contributed by atoms with Crippen molar-refractivity contribution in [2.45, 2.75) is 0 Å². The fourth-order valence-corrected chi connectivity index (χ4v) is 1.85. The van der Waals surface area contributed by atoms with E-state index >= 15 is 0 Å². The van der Waals surface area contributed by atoms with Crippen molar-refractivity contribution in [3.05, 3.63) is 65.4 Å². The van der Waals surface area contributed by atoms with Gasteiger partial charge in [-0.2, -0.15) is 0 Å². The molecule has 0 aromatic heterocycles. The van der Waals surface area contributed by atoms with Crippen molar-refractivity contribution in [2.75, 3.05) is 13.6 Å². The molecule has 0 fully saturated rings. The van der Waals surface area contributed by atoms with E-state index in [0.29, 0.717) is 11.3 Å². The van der Waals surface area contributed by atoms with Gasteiger partial charge in [-0.05, 0) is 18.2 Å². The van der Waals surface area contributed by atoms with Crippen LogP contribution in [0.4, 0.5) is 0 Å². The van der Waals surface area contributed by atoms with Gasteiger partial charge in [0, 0.05) is 24.4 Å². The van der Waals surface area contributed by atoms with E-state index < -0.39 is 5.91 Å². The van der Waals surface area contributed by atoms with Gasteiger partial charge in [0.25, 0.3) is 5.91 Å². The molecule has 6 nitrogen and oxygen atoms in total. The molecule has 0 saturated carbocycles. The van der Waals surface area contributed by atoms with Crippen LogP contribution >= 0.6 is 0 Å². The number of benzene rings is 1. The molecule has 1 aromatic rings. The molecule has 0 aliphatic carbocycles. The smallest absolute Gasteiger partial charge is 0.289 e. The van der Waals surface area contributed by atoms with Crippen molar-refractivity contribution in [3.63, 3.8) is 0 Å². The number of likely N-dealkylation sites (N-methyl/N-ethyl adjacent to an activating group) is 1. The summed E-state index contributed by atoms with van der Waals surface area (Å²) in [6.45, 7) is 0.264. The van der Waals surface area contributed by atoms with Crippen LogP contribution in [0.5, 0.6) is 5.75 Å². The summed E-state index contributed by atoms with van der Waals surface area (Å²) < 4.78 is 5.38. The summed E-state index contributed by atoms with van der Waals surface area (Å²) in [7, 11) is 1.58. The lowest BCUT2D eigenvalue weighted by Gasteiger charge is -2.07. The number of aliphatic hydroxyl groups is 1. The van der Waals surface area contributed by atoms with E-state index in [0.717, 1.165) is 0 Å². The molecular formula is C15H17N3O3. The molecule has 0 radical (unpaired) electrons. The number of rotatable bonds is 4. The number of ether oxygens (including phenoxy) is 1. The van der Waals surface area contributed by atoms with Crippen LogP contribution in [0, 0.1) is 0 Å². The van der Waals surface area contributed by atoms with E-state index in [1.54, 1.807) is 19.2 Å². The Hall–Kier alpha value is -2.89. The number of aliphatic hydroxyl groups excluding tert-OH is 1. The Bertz CT molecular complexity index is 633. The average molecular weight is 287 g/mol. The van der Waals surface area contributed by atoms with Crippen LogP contribution in [-0.4, -0.2) is 29.5 Å². The van der Waals surface area contributed by atoms with Crippen LogP contribution < -0.4 is 16.2 Å². The highest BCUT2D eigenvalue weighted by atomic mass is 16.5. The summed E-state index contributed by atoms with van der Waals surface area (Å²) in [4.78, 5) is 12.8. The highest BCUT2D eigenvalue weighted by molar-refractivity contribution is 5.95. The number of carbonyl (C=O) groups excluding carboxylic acids is 1. The van der Waals surface area contributed by atoms with E-state index in [1.165, 1.54) is 17.1 Å². The molecule has 1 aliphatic rings. The van der Waals surface area contributed by atoms with Gasteiger partial charge in [-0.3, -0.25) is 4.79 Å². The predicted octanol–water partition coefficient (Wildman–Crippen LogP) is 0.992. The second-order valence-corrected chi connectivity index (χ2v) is 4.59. The second kappa shape index (κ2) is 6.04. The third kappa shape index (κ3) is 3.36. The Morgan fingerprint density at radius 3 is 2.52 bits per heavy atom. The summed E-state index contributed by atoms with van der Waals surface area (Å²) >= 11 is 0. The lowest BCUT2D eigenvalue weighted by Crippen LogP contribution is -2.22. The molecule has 0 saturated heterocycles. The molecule has 1 aliphatic heterocycles. The summed E-state index contributed by atoms with van der Waals surface area (Å²) in [5, 5.41) is 9.68. The fraction of sp³-hybridized carbons (Fsp3) is 0.133. The lowest BCUT2D eigenvalue weighted by atomic mass is 10.2. The van der Waals surface area contributed by atoms with Gasteiger partial charge < -0.3 is 26.2 Å². The SMILES string of the molecule is CN1CC(/C(N)=C/C=C(\N)Oc2ccccc2)=C(O)C1=O. The number of carbonyl (C=O) groups is 1. The molecule has 1 amide bonds. The van der Waals surface area contributed by atoms with E-state index in [1.807, 2.05) is 18.2 Å². The standard InChI is InChI=1S/C15H17N3O3/c1-18-9-11(14(19)15(18)20)12(16)7-8-13(17)21-10-5-3-2-4-6-10/h2-8,19H,9,16-17H2,1H3/b12-7-,13-8+. The topological polar surface area (TPSA) is 102 Å². The number of para-hydroxylation sites is 1. The lowest BCUT2D eigenvalue weighted by molar-refractivity contribution is -0.126. The minimum atomic E-state index is -0.446. The van der Waals surface area contributed by atoms with Crippen molar-refractivity contribution in [1.29, 1.82) is 0 Å². The summed E-state index contributed by atoms with van der Waals surface area (Å²) in [5.41, 5.74) is 12.2. The Morgan fingerprint density at radius 1 is 1.29 bits per heavy atom. The number of nitrogens with two attached hydrogens (primary N) is 2. The van der Waals surface area contributed by atoms with Crippen LogP contribution in [0.2, 0.25) is 0 Å². The van der Waals surface area contributed by atoms with Crippen molar-refractivity contribution < 1.29 is 14.6 Å². The molecule has 110 valence electrons. The Labute approximate surface area is 122 Å². The van der Waals surface area contributed by atoms with Gasteiger partial charge in [-0.25, -0.2) is 0 Å². The quantitative estimate of drug-likeness (QED) is 0.566. The summed E-state index contributed by atoms with van der Waals surface area (Å²) in [5.74, 6) is -0.0148. The van der Waals surface area contributed by atoms with Gasteiger partial charge in [-0.15, -0.1) is 0 Å². The molecule has 1 aromatic carbocycles. The number of allylic oxidation sites excluding steroid dienone is 2. The Balaban J connectivity index is 2.09. The molecular weight excluding hydrogens is 270 g/mol. The minimum Gasteiger partial charge on any atom is -0.503 e. The highest BCUT2D eigenvalue weighted by Crippen LogP contribution is 2.19. The van der Waals surface area contributed by atoms with Gasteiger partial charge in [0.2, 0.25) is 0 Å². The molecule has 0 unspecified atom stereocenters. The summed E-state index contributed by atoms with van der Waals surface area (Å²) in [6, 6.07) is 9.07. The molecule has 5 N–H and O–H groups in total. The third-order valence-electron chi connectivity index (χ3n) is 2.98. The number of hydrogen-bond acceptors (Lipinski definition) is 5. The molecule has 0 bridgehead atoms. The molecule has 2 rings (SSSR count). The number of amides is 1. The van der Waals surface area contributed by atoms with Crippen LogP contribution in [0.25, 0.3) is 0 Å². The first-order chi connectivity index (χ1) is 9.99. The second-order valence-electron chi connectivity index (χ2n) is 4.59. The maximum Gasteiger partial charge on any atom is 0.289 e. The zero-order valence-corrected chi connectivity index (χ0v) is 11.6. The zero-order chi connectivity index (χ0) is 15.4. The molecule has 6 heteroatoms. The van der Waals surface area contributed by atoms with E-state index in [-0.39, 0.29) is 23.9 Å². The number of hydrogen-bond donors (Lipinski definition) is 3. The monoisotopic (exact) mass is 287 g/mol. The Morgan fingerprint density at radius 2 is 1.95 bits per heavy atom. The molecule has 21 heavy (non-hydrogen) atoms. The number of nitrogens with zero attached hydrogens (tertiary/aromatic N) is 1. The fourth-order valence-electron chi connectivity index (χ4n) is 1.85.